The Morgan fingerprint density at radius 1 is 1.00 bits per heavy atom. The molecule has 2 aromatic carbocycles. The Kier molecular flexibility index (Phi) is 2.57. The third kappa shape index (κ3) is 2.08. The molecule has 1 N–H and O–H groups in total. The molecular formula is C16H13N5. The van der Waals surface area contributed by atoms with Crippen molar-refractivity contribution in [2.75, 3.05) is 5.32 Å². The van der Waals surface area contributed by atoms with Crippen LogP contribution in [0.3, 0.4) is 0 Å². The van der Waals surface area contributed by atoms with Crippen LogP contribution in [-0.4, -0.2) is 19.6 Å². The van der Waals surface area contributed by atoms with Gasteiger partial charge in [-0.3, -0.25) is 0 Å². The molecule has 0 saturated heterocycles. The summed E-state index contributed by atoms with van der Waals surface area (Å²) in [4.78, 5) is 8.70. The van der Waals surface area contributed by atoms with E-state index in [9.17, 15) is 0 Å². The Balaban J connectivity index is 1.80. The smallest absolute Gasteiger partial charge is 0.230 e. The SMILES string of the molecule is Cc1cc2ncnn2c(Nc2ccc3ccccc3c2)n1. The third-order valence-electron chi connectivity index (χ3n) is 3.40. The van der Waals surface area contributed by atoms with Crippen molar-refractivity contribution in [2.45, 2.75) is 6.92 Å². The van der Waals surface area contributed by atoms with E-state index >= 15 is 0 Å². The van der Waals surface area contributed by atoms with Crippen molar-refractivity contribution < 1.29 is 0 Å². The van der Waals surface area contributed by atoms with Crippen molar-refractivity contribution in [3.05, 3.63) is 60.6 Å². The van der Waals surface area contributed by atoms with Crippen LogP contribution in [0, 0.1) is 6.92 Å². The molecule has 0 fully saturated rings. The van der Waals surface area contributed by atoms with Crippen molar-refractivity contribution in [3.63, 3.8) is 0 Å². The van der Waals surface area contributed by atoms with Crippen LogP contribution in [0.1, 0.15) is 5.69 Å². The molecule has 5 nitrogen and oxygen atoms in total. The molecule has 2 aromatic heterocycles. The number of rotatable bonds is 2. The van der Waals surface area contributed by atoms with Crippen molar-refractivity contribution in [2.24, 2.45) is 0 Å². The minimum Gasteiger partial charge on any atom is -0.324 e. The van der Waals surface area contributed by atoms with Crippen LogP contribution in [0.2, 0.25) is 0 Å². The Hall–Kier alpha value is -2.95. The molecule has 0 amide bonds. The molecule has 102 valence electrons. The number of anilines is 2. The van der Waals surface area contributed by atoms with Gasteiger partial charge in [-0.05, 0) is 29.8 Å². The van der Waals surface area contributed by atoms with Gasteiger partial charge in [0.25, 0.3) is 0 Å². The van der Waals surface area contributed by atoms with Crippen LogP contribution in [0.4, 0.5) is 11.6 Å². The molecule has 0 aliphatic heterocycles. The lowest BCUT2D eigenvalue weighted by Crippen LogP contribution is -2.04. The minimum atomic E-state index is 0.665. The van der Waals surface area contributed by atoms with Crippen LogP contribution < -0.4 is 5.32 Å². The summed E-state index contributed by atoms with van der Waals surface area (Å²) in [7, 11) is 0. The van der Waals surface area contributed by atoms with E-state index in [1.807, 2.05) is 31.2 Å². The van der Waals surface area contributed by atoms with Gasteiger partial charge in [0.2, 0.25) is 5.95 Å². The largest absolute Gasteiger partial charge is 0.324 e. The van der Waals surface area contributed by atoms with Crippen molar-refractivity contribution in [1.29, 1.82) is 0 Å². The quantitative estimate of drug-likeness (QED) is 0.609. The van der Waals surface area contributed by atoms with E-state index in [0.717, 1.165) is 17.0 Å². The van der Waals surface area contributed by atoms with Crippen LogP contribution in [0.5, 0.6) is 0 Å². The maximum atomic E-state index is 4.50. The van der Waals surface area contributed by atoms with Crippen LogP contribution in [0.15, 0.2) is 54.9 Å². The summed E-state index contributed by atoms with van der Waals surface area (Å²) in [5.41, 5.74) is 2.66. The third-order valence-corrected chi connectivity index (χ3v) is 3.40. The van der Waals surface area contributed by atoms with Gasteiger partial charge >= 0.3 is 0 Å². The fraction of sp³-hybridized carbons (Fsp3) is 0.0625. The normalized spacial score (nSPS) is 11.1. The number of fused-ring (bicyclic) bond motifs is 2. The lowest BCUT2D eigenvalue weighted by Gasteiger charge is -2.09. The highest BCUT2D eigenvalue weighted by Crippen LogP contribution is 2.21. The molecule has 5 heteroatoms. The summed E-state index contributed by atoms with van der Waals surface area (Å²) in [6.07, 6.45) is 1.53. The van der Waals surface area contributed by atoms with Crippen molar-refractivity contribution in [3.8, 4) is 0 Å². The lowest BCUT2D eigenvalue weighted by atomic mass is 10.1. The Morgan fingerprint density at radius 3 is 2.76 bits per heavy atom. The highest BCUT2D eigenvalue weighted by atomic mass is 15.4. The monoisotopic (exact) mass is 275 g/mol. The number of nitrogens with one attached hydrogen (secondary N) is 1. The van der Waals surface area contributed by atoms with Gasteiger partial charge < -0.3 is 5.32 Å². The summed E-state index contributed by atoms with van der Waals surface area (Å²) in [5.74, 6) is 0.665. The second kappa shape index (κ2) is 4.56. The average Bonchev–Trinajstić information content (AvgIpc) is 2.95. The topological polar surface area (TPSA) is 55.1 Å². The molecule has 0 aliphatic rings. The number of nitrogens with zero attached hydrogens (tertiary/aromatic N) is 4. The number of aryl methyl sites for hydroxylation is 1. The van der Waals surface area contributed by atoms with E-state index in [-0.39, 0.29) is 0 Å². The molecule has 0 bridgehead atoms. The molecule has 0 saturated carbocycles. The molecule has 0 aliphatic carbocycles. The zero-order chi connectivity index (χ0) is 14.2. The summed E-state index contributed by atoms with van der Waals surface area (Å²) >= 11 is 0. The average molecular weight is 275 g/mol. The van der Waals surface area contributed by atoms with Gasteiger partial charge in [0.15, 0.2) is 5.65 Å². The highest BCUT2D eigenvalue weighted by Gasteiger charge is 2.06. The van der Waals surface area contributed by atoms with Gasteiger partial charge in [-0.1, -0.05) is 30.3 Å². The fourth-order valence-electron chi connectivity index (χ4n) is 2.42. The molecule has 21 heavy (non-hydrogen) atoms. The van der Waals surface area contributed by atoms with E-state index in [1.54, 1.807) is 4.52 Å². The Labute approximate surface area is 121 Å². The molecule has 0 spiro atoms. The Bertz CT molecular complexity index is 942. The predicted molar refractivity (Wildman–Crippen MR) is 82.7 cm³/mol. The minimum absolute atomic E-state index is 0.665. The van der Waals surface area contributed by atoms with E-state index < -0.39 is 0 Å². The summed E-state index contributed by atoms with van der Waals surface area (Å²) in [5, 5.41) is 9.91. The molecule has 0 unspecified atom stereocenters. The van der Waals surface area contributed by atoms with Gasteiger partial charge in [-0.2, -0.15) is 9.61 Å². The number of benzene rings is 2. The van der Waals surface area contributed by atoms with Gasteiger partial charge in [-0.15, -0.1) is 0 Å². The molecule has 4 rings (SSSR count). The van der Waals surface area contributed by atoms with Crippen molar-refractivity contribution >= 4 is 28.1 Å². The summed E-state index contributed by atoms with van der Waals surface area (Å²) < 4.78 is 1.70. The lowest BCUT2D eigenvalue weighted by molar-refractivity contribution is 0.922. The number of hydrogen-bond acceptors (Lipinski definition) is 4. The van der Waals surface area contributed by atoms with Gasteiger partial charge in [0, 0.05) is 17.4 Å². The van der Waals surface area contributed by atoms with E-state index in [0.29, 0.717) is 5.95 Å². The summed E-state index contributed by atoms with van der Waals surface area (Å²) in [6.45, 7) is 1.94. The first-order chi connectivity index (χ1) is 10.3. The fourth-order valence-corrected chi connectivity index (χ4v) is 2.42. The molecular weight excluding hydrogens is 262 g/mol. The molecule has 2 heterocycles. The molecule has 0 radical (unpaired) electrons. The maximum absolute atomic E-state index is 4.50. The van der Waals surface area contributed by atoms with Crippen LogP contribution >= 0.6 is 0 Å². The van der Waals surface area contributed by atoms with Gasteiger partial charge in [0.1, 0.15) is 6.33 Å². The molecule has 0 atom stereocenters. The maximum Gasteiger partial charge on any atom is 0.230 e. The van der Waals surface area contributed by atoms with Gasteiger partial charge in [-0.25, -0.2) is 9.97 Å². The summed E-state index contributed by atoms with van der Waals surface area (Å²) in [6, 6.07) is 16.4. The molecule has 4 aromatic rings. The first-order valence-corrected chi connectivity index (χ1v) is 6.73. The number of hydrogen-bond donors (Lipinski definition) is 1. The van der Waals surface area contributed by atoms with Crippen molar-refractivity contribution in [1.82, 2.24) is 19.6 Å². The first-order valence-electron chi connectivity index (χ1n) is 6.73. The Morgan fingerprint density at radius 2 is 1.86 bits per heavy atom. The van der Waals surface area contributed by atoms with Gasteiger partial charge in [0.05, 0.1) is 0 Å². The first kappa shape index (κ1) is 11.8. The number of aromatic nitrogens is 4. The van der Waals surface area contributed by atoms with Crippen LogP contribution in [-0.2, 0) is 0 Å². The zero-order valence-electron chi connectivity index (χ0n) is 11.5. The van der Waals surface area contributed by atoms with E-state index in [1.165, 1.54) is 17.1 Å². The second-order valence-corrected chi connectivity index (χ2v) is 4.94. The van der Waals surface area contributed by atoms with E-state index in [4.69, 9.17) is 0 Å². The van der Waals surface area contributed by atoms with E-state index in [2.05, 4.69) is 44.6 Å². The zero-order valence-corrected chi connectivity index (χ0v) is 11.5. The standard InChI is InChI=1S/C16H13N5/c1-11-8-15-17-10-18-21(15)16(19-11)20-14-7-6-12-4-2-3-5-13(12)9-14/h2-10H,1H3,(H,19,20). The highest BCUT2D eigenvalue weighted by molar-refractivity contribution is 5.86. The van der Waals surface area contributed by atoms with Crippen LogP contribution in [0.25, 0.3) is 16.4 Å². The predicted octanol–water partition coefficient (Wildman–Crippen LogP) is 3.33. The second-order valence-electron chi connectivity index (χ2n) is 4.94.